The lowest BCUT2D eigenvalue weighted by Crippen LogP contribution is -2.05. The Morgan fingerprint density at radius 3 is 2.57 bits per heavy atom. The summed E-state index contributed by atoms with van der Waals surface area (Å²) in [6, 6.07) is 3.51. The number of carboxylic acid groups (broad SMARTS) is 1. The minimum atomic E-state index is -0.950. The van der Waals surface area contributed by atoms with Crippen molar-refractivity contribution in [2.75, 3.05) is 0 Å². The van der Waals surface area contributed by atoms with Crippen LogP contribution in [0.15, 0.2) is 16.5 Å². The van der Waals surface area contributed by atoms with Crippen molar-refractivity contribution >= 4 is 11.8 Å². The first-order valence-corrected chi connectivity index (χ1v) is 4.37. The van der Waals surface area contributed by atoms with Crippen molar-refractivity contribution in [1.82, 2.24) is 0 Å². The third-order valence-electron chi connectivity index (χ3n) is 1.79. The largest absolute Gasteiger partial charge is 0.481 e. The topological polar surface area (TPSA) is 67.5 Å². The second-order valence-corrected chi connectivity index (χ2v) is 3.12. The molecule has 0 aliphatic carbocycles. The highest BCUT2D eigenvalue weighted by Crippen LogP contribution is 2.08. The number of carbonyl (C=O) groups is 2. The zero-order valence-electron chi connectivity index (χ0n) is 7.95. The second kappa shape index (κ2) is 4.60. The van der Waals surface area contributed by atoms with Crippen LogP contribution in [0.2, 0.25) is 0 Å². The summed E-state index contributed by atoms with van der Waals surface area (Å²) in [5, 5.41) is 8.36. The maximum Gasteiger partial charge on any atom is 0.303 e. The summed E-state index contributed by atoms with van der Waals surface area (Å²) in [6.45, 7) is 1.80. The summed E-state index contributed by atoms with van der Waals surface area (Å²) in [6.07, 6.45) is 0.134. The SMILES string of the molecule is Cc1ccc(CC(=O)CCC(=O)O)o1. The van der Waals surface area contributed by atoms with Gasteiger partial charge in [-0.15, -0.1) is 0 Å². The minimum Gasteiger partial charge on any atom is -0.481 e. The van der Waals surface area contributed by atoms with Gasteiger partial charge in [0.15, 0.2) is 0 Å². The molecule has 76 valence electrons. The Balaban J connectivity index is 2.37. The number of ketones is 1. The maximum atomic E-state index is 11.2. The monoisotopic (exact) mass is 196 g/mol. The first-order chi connectivity index (χ1) is 6.58. The number of carbonyl (C=O) groups excluding carboxylic acids is 1. The quantitative estimate of drug-likeness (QED) is 0.776. The Bertz CT molecular complexity index is 338. The third-order valence-corrected chi connectivity index (χ3v) is 1.79. The molecule has 0 aromatic carbocycles. The Labute approximate surface area is 81.5 Å². The van der Waals surface area contributed by atoms with E-state index in [1.165, 1.54) is 0 Å². The van der Waals surface area contributed by atoms with Crippen molar-refractivity contribution < 1.29 is 19.1 Å². The van der Waals surface area contributed by atoms with Gasteiger partial charge < -0.3 is 9.52 Å². The van der Waals surface area contributed by atoms with E-state index in [1.807, 2.05) is 0 Å². The molecule has 0 radical (unpaired) electrons. The summed E-state index contributed by atoms with van der Waals surface area (Å²) < 4.78 is 5.19. The van der Waals surface area contributed by atoms with E-state index in [9.17, 15) is 9.59 Å². The molecule has 0 aliphatic heterocycles. The molecule has 0 aliphatic rings. The molecule has 4 nitrogen and oxygen atoms in total. The third kappa shape index (κ3) is 3.43. The van der Waals surface area contributed by atoms with Crippen molar-refractivity contribution in [3.63, 3.8) is 0 Å². The van der Waals surface area contributed by atoms with Crippen LogP contribution in [-0.2, 0) is 16.0 Å². The first-order valence-electron chi connectivity index (χ1n) is 4.37. The molecule has 0 spiro atoms. The highest BCUT2D eigenvalue weighted by Gasteiger charge is 2.08. The first kappa shape index (κ1) is 10.5. The normalized spacial score (nSPS) is 10.1. The molecule has 0 saturated heterocycles. The highest BCUT2D eigenvalue weighted by molar-refractivity contribution is 5.83. The molecule has 1 N–H and O–H groups in total. The van der Waals surface area contributed by atoms with E-state index in [0.29, 0.717) is 5.76 Å². The molecule has 0 unspecified atom stereocenters. The van der Waals surface area contributed by atoms with Gasteiger partial charge in [-0.05, 0) is 19.1 Å². The molecule has 0 amide bonds. The molecule has 0 fully saturated rings. The van der Waals surface area contributed by atoms with Crippen LogP contribution in [0.5, 0.6) is 0 Å². The lowest BCUT2D eigenvalue weighted by molar-refractivity contribution is -0.138. The molecule has 14 heavy (non-hydrogen) atoms. The standard InChI is InChI=1S/C10H12O4/c1-7-2-4-9(14-7)6-8(11)3-5-10(12)13/h2,4H,3,5-6H2,1H3,(H,12,13). The van der Waals surface area contributed by atoms with Gasteiger partial charge in [0, 0.05) is 6.42 Å². The summed E-state index contributed by atoms with van der Waals surface area (Å²) in [5.74, 6) is 0.291. The number of aliphatic carboxylic acids is 1. The molecular formula is C10H12O4. The predicted octanol–water partition coefficient (Wildman–Crippen LogP) is 1.56. The molecule has 4 heteroatoms. The van der Waals surface area contributed by atoms with Crippen LogP contribution in [0.3, 0.4) is 0 Å². The van der Waals surface area contributed by atoms with Gasteiger partial charge in [-0.2, -0.15) is 0 Å². The summed E-state index contributed by atoms with van der Waals surface area (Å²) in [7, 11) is 0. The Morgan fingerprint density at radius 1 is 1.36 bits per heavy atom. The maximum absolute atomic E-state index is 11.2. The fourth-order valence-electron chi connectivity index (χ4n) is 1.11. The van der Waals surface area contributed by atoms with E-state index < -0.39 is 5.97 Å². The van der Waals surface area contributed by atoms with E-state index >= 15 is 0 Å². The Hall–Kier alpha value is -1.58. The van der Waals surface area contributed by atoms with E-state index in [4.69, 9.17) is 9.52 Å². The van der Waals surface area contributed by atoms with Gasteiger partial charge >= 0.3 is 5.97 Å². The van der Waals surface area contributed by atoms with Crippen LogP contribution >= 0.6 is 0 Å². The minimum absolute atomic E-state index is 0.0646. The molecule has 1 rings (SSSR count). The molecule has 0 bridgehead atoms. The summed E-state index contributed by atoms with van der Waals surface area (Å²) in [4.78, 5) is 21.4. The molecule has 0 saturated carbocycles. The number of furan rings is 1. The smallest absolute Gasteiger partial charge is 0.303 e. The second-order valence-electron chi connectivity index (χ2n) is 3.12. The number of hydrogen-bond acceptors (Lipinski definition) is 3. The van der Waals surface area contributed by atoms with Crippen molar-refractivity contribution in [2.45, 2.75) is 26.2 Å². The van der Waals surface area contributed by atoms with Crippen LogP contribution in [0, 0.1) is 6.92 Å². The summed E-state index contributed by atoms with van der Waals surface area (Å²) >= 11 is 0. The molecule has 1 heterocycles. The zero-order chi connectivity index (χ0) is 10.6. The lowest BCUT2D eigenvalue weighted by Gasteiger charge is -1.95. The van der Waals surface area contributed by atoms with Crippen molar-refractivity contribution in [3.05, 3.63) is 23.7 Å². The van der Waals surface area contributed by atoms with E-state index in [1.54, 1.807) is 19.1 Å². The Morgan fingerprint density at radius 2 is 2.07 bits per heavy atom. The number of carboxylic acids is 1. The number of Topliss-reactive ketones (excluding diaryl/α,β-unsaturated/α-hetero) is 1. The van der Waals surface area contributed by atoms with Gasteiger partial charge in [0.2, 0.25) is 0 Å². The van der Waals surface area contributed by atoms with Crippen LogP contribution in [0.4, 0.5) is 0 Å². The predicted molar refractivity (Wildman–Crippen MR) is 49.0 cm³/mol. The average Bonchev–Trinajstić information content (AvgIpc) is 2.48. The van der Waals surface area contributed by atoms with Gasteiger partial charge in [-0.1, -0.05) is 0 Å². The van der Waals surface area contributed by atoms with Crippen molar-refractivity contribution in [3.8, 4) is 0 Å². The van der Waals surface area contributed by atoms with Crippen LogP contribution < -0.4 is 0 Å². The van der Waals surface area contributed by atoms with Crippen molar-refractivity contribution in [1.29, 1.82) is 0 Å². The average molecular weight is 196 g/mol. The van der Waals surface area contributed by atoms with E-state index in [0.717, 1.165) is 5.76 Å². The zero-order valence-corrected chi connectivity index (χ0v) is 7.95. The highest BCUT2D eigenvalue weighted by atomic mass is 16.4. The molecule has 0 atom stereocenters. The van der Waals surface area contributed by atoms with Gasteiger partial charge in [0.25, 0.3) is 0 Å². The molecule has 1 aromatic heterocycles. The van der Waals surface area contributed by atoms with Gasteiger partial charge in [0.1, 0.15) is 17.3 Å². The fourth-order valence-corrected chi connectivity index (χ4v) is 1.11. The fraction of sp³-hybridized carbons (Fsp3) is 0.400. The van der Waals surface area contributed by atoms with Crippen LogP contribution in [0.25, 0.3) is 0 Å². The van der Waals surface area contributed by atoms with Crippen molar-refractivity contribution in [2.24, 2.45) is 0 Å². The van der Waals surface area contributed by atoms with Gasteiger partial charge in [0.05, 0.1) is 12.8 Å². The van der Waals surface area contributed by atoms with Crippen LogP contribution in [-0.4, -0.2) is 16.9 Å². The van der Waals surface area contributed by atoms with Gasteiger partial charge in [-0.3, -0.25) is 9.59 Å². The van der Waals surface area contributed by atoms with Crippen LogP contribution in [0.1, 0.15) is 24.4 Å². The number of rotatable bonds is 5. The number of aryl methyl sites for hydroxylation is 1. The number of hydrogen-bond donors (Lipinski definition) is 1. The molecular weight excluding hydrogens is 184 g/mol. The van der Waals surface area contributed by atoms with Gasteiger partial charge in [-0.25, -0.2) is 0 Å². The van der Waals surface area contributed by atoms with E-state index in [-0.39, 0.29) is 25.0 Å². The summed E-state index contributed by atoms with van der Waals surface area (Å²) in [5.41, 5.74) is 0. The lowest BCUT2D eigenvalue weighted by atomic mass is 10.1. The Kier molecular flexibility index (Phi) is 3.45. The van der Waals surface area contributed by atoms with E-state index in [2.05, 4.69) is 0 Å². The molecule has 1 aromatic rings.